The lowest BCUT2D eigenvalue weighted by Gasteiger charge is -2.10. The smallest absolute Gasteiger partial charge is 0.417 e. The summed E-state index contributed by atoms with van der Waals surface area (Å²) in [5.41, 5.74) is -0.872. The van der Waals surface area contributed by atoms with Crippen molar-refractivity contribution in [3.8, 4) is 11.6 Å². The van der Waals surface area contributed by atoms with Crippen molar-refractivity contribution in [1.82, 2.24) is 4.98 Å². The number of nitrogens with zero attached hydrogens (tertiary/aromatic N) is 2. The predicted molar refractivity (Wildman–Crippen MR) is 76.3 cm³/mol. The lowest BCUT2D eigenvalue weighted by molar-refractivity contribution is -0.384. The standard InChI is InChI=1S/C14H11F3N3O3/c1-2-18-11-7-10(4-5-12(11)20(21)22)23-13-6-3-9(8-19-13)14(15,16)17/h3-8,18H,1-2H2. The van der Waals surface area contributed by atoms with Gasteiger partial charge < -0.3 is 10.1 Å². The average Bonchev–Trinajstić information content (AvgIpc) is 2.47. The molecule has 0 amide bonds. The van der Waals surface area contributed by atoms with E-state index >= 15 is 0 Å². The maximum absolute atomic E-state index is 12.4. The van der Waals surface area contributed by atoms with Gasteiger partial charge in [0.25, 0.3) is 5.69 Å². The first-order chi connectivity index (χ1) is 10.8. The zero-order chi connectivity index (χ0) is 17.0. The molecule has 6 nitrogen and oxygen atoms in total. The number of hydrogen-bond acceptors (Lipinski definition) is 5. The zero-order valence-electron chi connectivity index (χ0n) is 11.6. The Bertz CT molecular complexity index is 703. The Morgan fingerprint density at radius 1 is 1.30 bits per heavy atom. The summed E-state index contributed by atoms with van der Waals surface area (Å²) in [5.74, 6) is 0.131. The van der Waals surface area contributed by atoms with Gasteiger partial charge in [-0.2, -0.15) is 13.2 Å². The molecule has 0 saturated heterocycles. The van der Waals surface area contributed by atoms with E-state index in [9.17, 15) is 23.3 Å². The summed E-state index contributed by atoms with van der Waals surface area (Å²) in [5, 5.41) is 13.6. The molecule has 0 saturated carbocycles. The molecule has 1 aromatic heterocycles. The number of anilines is 1. The van der Waals surface area contributed by atoms with Gasteiger partial charge in [0, 0.05) is 30.9 Å². The summed E-state index contributed by atoms with van der Waals surface area (Å²) in [6.45, 7) is 3.75. The van der Waals surface area contributed by atoms with Crippen molar-refractivity contribution >= 4 is 11.4 Å². The number of pyridine rings is 1. The number of hydrogen-bond donors (Lipinski definition) is 1. The molecule has 0 aliphatic rings. The van der Waals surface area contributed by atoms with Gasteiger partial charge in [-0.3, -0.25) is 10.1 Å². The predicted octanol–water partition coefficient (Wildman–Crippen LogP) is 4.05. The minimum atomic E-state index is -4.48. The van der Waals surface area contributed by atoms with Crippen molar-refractivity contribution in [1.29, 1.82) is 0 Å². The Balaban J connectivity index is 2.23. The fourth-order valence-corrected chi connectivity index (χ4v) is 1.74. The van der Waals surface area contributed by atoms with Crippen molar-refractivity contribution in [2.24, 2.45) is 0 Å². The Hall–Kier alpha value is -2.84. The van der Waals surface area contributed by atoms with E-state index in [1.807, 2.05) is 0 Å². The molecule has 23 heavy (non-hydrogen) atoms. The number of aromatic nitrogens is 1. The highest BCUT2D eigenvalue weighted by Gasteiger charge is 2.30. The van der Waals surface area contributed by atoms with Crippen molar-refractivity contribution in [3.63, 3.8) is 0 Å². The Morgan fingerprint density at radius 2 is 2.04 bits per heavy atom. The van der Waals surface area contributed by atoms with E-state index in [1.54, 1.807) is 0 Å². The molecule has 0 bridgehead atoms. The van der Waals surface area contributed by atoms with Crippen LogP contribution >= 0.6 is 0 Å². The van der Waals surface area contributed by atoms with Crippen LogP contribution in [-0.2, 0) is 6.18 Å². The molecule has 1 aromatic carbocycles. The number of rotatable bonds is 5. The summed E-state index contributed by atoms with van der Waals surface area (Å²) in [4.78, 5) is 13.9. The van der Waals surface area contributed by atoms with Crippen LogP contribution in [0.5, 0.6) is 11.6 Å². The fourth-order valence-electron chi connectivity index (χ4n) is 1.74. The summed E-state index contributed by atoms with van der Waals surface area (Å²) >= 11 is 0. The first-order valence-corrected chi connectivity index (χ1v) is 6.34. The van der Waals surface area contributed by atoms with E-state index in [0.29, 0.717) is 6.20 Å². The quantitative estimate of drug-likeness (QED) is 0.662. The number of ether oxygens (including phenoxy) is 1. The molecule has 0 unspecified atom stereocenters. The second-order valence-electron chi connectivity index (χ2n) is 4.35. The lowest BCUT2D eigenvalue weighted by atomic mass is 10.2. The van der Waals surface area contributed by atoms with Crippen LogP contribution in [0.4, 0.5) is 24.5 Å². The molecule has 1 radical (unpaired) electrons. The molecule has 1 heterocycles. The molecular weight excluding hydrogens is 315 g/mol. The molecule has 9 heteroatoms. The molecule has 0 aliphatic carbocycles. The molecule has 0 fully saturated rings. The number of nitro groups is 1. The SMILES string of the molecule is [CH2]CNc1cc(Oc2ccc(C(F)(F)F)cn2)ccc1[N+](=O)[O-]. The Labute approximate surface area is 129 Å². The monoisotopic (exact) mass is 326 g/mol. The largest absolute Gasteiger partial charge is 0.439 e. The van der Waals surface area contributed by atoms with E-state index in [4.69, 9.17) is 4.74 Å². The van der Waals surface area contributed by atoms with Crippen LogP contribution in [0, 0.1) is 17.0 Å². The van der Waals surface area contributed by atoms with Gasteiger partial charge in [-0.25, -0.2) is 4.98 Å². The molecule has 0 atom stereocenters. The van der Waals surface area contributed by atoms with Gasteiger partial charge in [0.15, 0.2) is 0 Å². The molecule has 121 valence electrons. The van der Waals surface area contributed by atoms with Gasteiger partial charge >= 0.3 is 6.18 Å². The highest BCUT2D eigenvalue weighted by atomic mass is 19.4. The summed E-state index contributed by atoms with van der Waals surface area (Å²) in [6.07, 6.45) is -3.83. The van der Waals surface area contributed by atoms with Gasteiger partial charge in [0.05, 0.1) is 10.5 Å². The van der Waals surface area contributed by atoms with Crippen molar-refractivity contribution in [2.75, 3.05) is 11.9 Å². The second kappa shape index (κ2) is 6.51. The van der Waals surface area contributed by atoms with Gasteiger partial charge in [0.1, 0.15) is 11.4 Å². The molecule has 2 rings (SSSR count). The number of nitrogens with one attached hydrogen (secondary N) is 1. The highest BCUT2D eigenvalue weighted by molar-refractivity contribution is 5.64. The van der Waals surface area contributed by atoms with Gasteiger partial charge in [-0.05, 0) is 19.1 Å². The number of alkyl halides is 3. The maximum Gasteiger partial charge on any atom is 0.417 e. The second-order valence-corrected chi connectivity index (χ2v) is 4.35. The average molecular weight is 326 g/mol. The first kappa shape index (κ1) is 16.5. The third-order valence-corrected chi connectivity index (χ3v) is 2.77. The number of benzene rings is 1. The van der Waals surface area contributed by atoms with E-state index in [-0.39, 0.29) is 29.5 Å². The Kier molecular flexibility index (Phi) is 4.68. The molecular formula is C14H11F3N3O3. The summed E-state index contributed by atoms with van der Waals surface area (Å²) in [7, 11) is 0. The van der Waals surface area contributed by atoms with E-state index in [1.165, 1.54) is 18.2 Å². The zero-order valence-corrected chi connectivity index (χ0v) is 11.6. The lowest BCUT2D eigenvalue weighted by Crippen LogP contribution is -2.05. The molecule has 0 aliphatic heterocycles. The first-order valence-electron chi connectivity index (χ1n) is 6.34. The van der Waals surface area contributed by atoms with E-state index in [0.717, 1.165) is 12.1 Å². The molecule has 1 N–H and O–H groups in total. The van der Waals surface area contributed by atoms with Gasteiger partial charge in [-0.15, -0.1) is 0 Å². The molecule has 0 spiro atoms. The fraction of sp³-hybridized carbons (Fsp3) is 0.143. The van der Waals surface area contributed by atoms with Crippen LogP contribution in [0.25, 0.3) is 0 Å². The third kappa shape index (κ3) is 4.09. The number of halogens is 3. The van der Waals surface area contributed by atoms with Crippen LogP contribution < -0.4 is 10.1 Å². The van der Waals surface area contributed by atoms with Crippen molar-refractivity contribution in [2.45, 2.75) is 6.18 Å². The minimum Gasteiger partial charge on any atom is -0.439 e. The maximum atomic E-state index is 12.4. The van der Waals surface area contributed by atoms with Crippen LogP contribution in [0.2, 0.25) is 0 Å². The van der Waals surface area contributed by atoms with Gasteiger partial charge in [-0.1, -0.05) is 0 Å². The highest BCUT2D eigenvalue weighted by Crippen LogP contribution is 2.32. The van der Waals surface area contributed by atoms with Crippen molar-refractivity contribution in [3.05, 3.63) is 59.1 Å². The van der Waals surface area contributed by atoms with E-state index in [2.05, 4.69) is 17.2 Å². The summed E-state index contributed by atoms with van der Waals surface area (Å²) in [6, 6.07) is 5.80. The van der Waals surface area contributed by atoms with Crippen LogP contribution in [0.1, 0.15) is 5.56 Å². The van der Waals surface area contributed by atoms with Crippen LogP contribution in [0.3, 0.4) is 0 Å². The van der Waals surface area contributed by atoms with Crippen LogP contribution in [-0.4, -0.2) is 16.5 Å². The van der Waals surface area contributed by atoms with E-state index < -0.39 is 16.7 Å². The third-order valence-electron chi connectivity index (χ3n) is 2.77. The normalized spacial score (nSPS) is 11.1. The topological polar surface area (TPSA) is 77.3 Å². The van der Waals surface area contributed by atoms with Crippen LogP contribution in [0.15, 0.2) is 36.5 Å². The van der Waals surface area contributed by atoms with Gasteiger partial charge in [0.2, 0.25) is 5.88 Å². The summed E-state index contributed by atoms with van der Waals surface area (Å²) < 4.78 is 42.6. The number of nitro benzene ring substituents is 1. The van der Waals surface area contributed by atoms with Crippen molar-refractivity contribution < 1.29 is 22.8 Å². The Morgan fingerprint density at radius 3 is 2.57 bits per heavy atom. The molecule has 2 aromatic rings. The minimum absolute atomic E-state index is 0.0626.